The zero-order valence-electron chi connectivity index (χ0n) is 14.7. The summed E-state index contributed by atoms with van der Waals surface area (Å²) in [6.07, 6.45) is 7.21. The molecule has 2 aromatic rings. The van der Waals surface area contributed by atoms with Gasteiger partial charge in [0, 0.05) is 26.2 Å². The lowest BCUT2D eigenvalue weighted by molar-refractivity contribution is 0.332. The number of aromatic nitrogens is 3. The molecule has 0 bridgehead atoms. The Morgan fingerprint density at radius 2 is 1.72 bits per heavy atom. The van der Waals surface area contributed by atoms with E-state index >= 15 is 0 Å². The summed E-state index contributed by atoms with van der Waals surface area (Å²) >= 11 is 0. The Balaban J connectivity index is 1.75. The molecule has 2 heterocycles. The van der Waals surface area contributed by atoms with Gasteiger partial charge < -0.3 is 0 Å². The molecule has 7 nitrogen and oxygen atoms in total. The van der Waals surface area contributed by atoms with Crippen LogP contribution in [-0.2, 0) is 10.2 Å². The monoisotopic (exact) mass is 363 g/mol. The molecule has 1 atom stereocenters. The van der Waals surface area contributed by atoms with Gasteiger partial charge in [-0.15, -0.1) is 0 Å². The molecular formula is C17H25N5O2S. The van der Waals surface area contributed by atoms with Gasteiger partial charge in [-0.25, -0.2) is 9.67 Å². The summed E-state index contributed by atoms with van der Waals surface area (Å²) in [6.45, 7) is 3.15. The summed E-state index contributed by atoms with van der Waals surface area (Å²) in [5.41, 5.74) is 1.84. The first kappa shape index (κ1) is 18.0. The lowest BCUT2D eigenvalue weighted by Gasteiger charge is -2.30. The molecule has 0 saturated carbocycles. The molecule has 1 saturated heterocycles. The fourth-order valence-electron chi connectivity index (χ4n) is 3.11. The topological polar surface area (TPSA) is 71.3 Å². The maximum atomic E-state index is 12.9. The van der Waals surface area contributed by atoms with Crippen LogP contribution in [-0.4, -0.2) is 51.9 Å². The van der Waals surface area contributed by atoms with E-state index in [0.717, 1.165) is 36.9 Å². The zero-order valence-corrected chi connectivity index (χ0v) is 15.6. The second-order valence-electron chi connectivity index (χ2n) is 6.44. The molecule has 0 amide bonds. The Morgan fingerprint density at radius 1 is 1.08 bits per heavy atom. The lowest BCUT2D eigenvalue weighted by atomic mass is 10.1. The minimum absolute atomic E-state index is 0.238. The fourth-order valence-corrected chi connectivity index (χ4v) is 4.72. The Kier molecular flexibility index (Phi) is 5.51. The predicted octanol–water partition coefficient (Wildman–Crippen LogP) is 2.38. The van der Waals surface area contributed by atoms with Crippen LogP contribution in [0.4, 0.5) is 0 Å². The smallest absolute Gasteiger partial charge is 0.223 e. The van der Waals surface area contributed by atoms with Crippen LogP contribution in [0.3, 0.4) is 0 Å². The SMILES string of the molecule is CC(c1ccc(-n2cncn2)cc1)N(C)S(=O)(=O)N1CCCCCC1. The van der Waals surface area contributed by atoms with Crippen LogP contribution in [0.1, 0.15) is 44.2 Å². The molecule has 1 unspecified atom stereocenters. The third kappa shape index (κ3) is 3.91. The van der Waals surface area contributed by atoms with Crippen molar-refractivity contribution < 1.29 is 8.42 Å². The number of nitrogens with zero attached hydrogens (tertiary/aromatic N) is 5. The van der Waals surface area contributed by atoms with Crippen molar-refractivity contribution in [1.82, 2.24) is 23.4 Å². The largest absolute Gasteiger partial charge is 0.282 e. The van der Waals surface area contributed by atoms with Crippen LogP contribution < -0.4 is 0 Å². The third-order valence-corrected chi connectivity index (χ3v) is 6.92. The maximum absolute atomic E-state index is 12.9. The van der Waals surface area contributed by atoms with Gasteiger partial charge in [-0.1, -0.05) is 25.0 Å². The molecule has 0 aliphatic carbocycles. The molecule has 1 aliphatic rings. The van der Waals surface area contributed by atoms with E-state index in [2.05, 4.69) is 10.1 Å². The molecule has 0 radical (unpaired) electrons. The Hall–Kier alpha value is -1.77. The average molecular weight is 363 g/mol. The molecule has 1 aliphatic heterocycles. The van der Waals surface area contributed by atoms with Gasteiger partial charge in [0.2, 0.25) is 0 Å². The van der Waals surface area contributed by atoms with Crippen molar-refractivity contribution in [2.24, 2.45) is 0 Å². The molecule has 0 spiro atoms. The molecule has 1 aromatic heterocycles. The summed E-state index contributed by atoms with van der Waals surface area (Å²) in [4.78, 5) is 3.93. The number of benzene rings is 1. The molecule has 136 valence electrons. The Morgan fingerprint density at radius 3 is 2.28 bits per heavy atom. The summed E-state index contributed by atoms with van der Waals surface area (Å²) in [5.74, 6) is 0. The van der Waals surface area contributed by atoms with Crippen molar-refractivity contribution in [3.63, 3.8) is 0 Å². The van der Waals surface area contributed by atoms with Gasteiger partial charge in [-0.05, 0) is 37.5 Å². The van der Waals surface area contributed by atoms with Gasteiger partial charge in [0.1, 0.15) is 12.7 Å². The summed E-state index contributed by atoms with van der Waals surface area (Å²) in [7, 11) is -1.78. The van der Waals surface area contributed by atoms with Crippen molar-refractivity contribution in [2.45, 2.75) is 38.6 Å². The standard InChI is InChI=1S/C17H25N5O2S/c1-15(16-7-9-17(10-8-16)22-14-18-13-19-22)20(2)25(23,24)21-11-5-3-4-6-12-21/h7-10,13-15H,3-6,11-12H2,1-2H3. The molecular weight excluding hydrogens is 338 g/mol. The van der Waals surface area contributed by atoms with Crippen molar-refractivity contribution in [3.05, 3.63) is 42.5 Å². The average Bonchev–Trinajstić information content (AvgIpc) is 3.02. The summed E-state index contributed by atoms with van der Waals surface area (Å²) in [5, 5.41) is 4.10. The quantitative estimate of drug-likeness (QED) is 0.818. The van der Waals surface area contributed by atoms with Gasteiger partial charge >= 0.3 is 0 Å². The van der Waals surface area contributed by atoms with Gasteiger partial charge in [0.25, 0.3) is 10.2 Å². The Labute approximate surface area is 149 Å². The first-order valence-electron chi connectivity index (χ1n) is 8.68. The zero-order chi connectivity index (χ0) is 17.9. The fraction of sp³-hybridized carbons (Fsp3) is 0.529. The second-order valence-corrected chi connectivity index (χ2v) is 8.43. The first-order chi connectivity index (χ1) is 12.0. The van der Waals surface area contributed by atoms with E-state index in [1.165, 1.54) is 10.6 Å². The van der Waals surface area contributed by atoms with Crippen molar-refractivity contribution in [3.8, 4) is 5.69 Å². The van der Waals surface area contributed by atoms with E-state index in [-0.39, 0.29) is 6.04 Å². The van der Waals surface area contributed by atoms with Crippen LogP contribution in [0.2, 0.25) is 0 Å². The van der Waals surface area contributed by atoms with Gasteiger partial charge in [-0.3, -0.25) is 0 Å². The van der Waals surface area contributed by atoms with Gasteiger partial charge in [0.05, 0.1) is 5.69 Å². The molecule has 0 N–H and O–H groups in total. The normalized spacial score (nSPS) is 18.2. The summed E-state index contributed by atoms with van der Waals surface area (Å²) < 4.78 is 30.6. The van der Waals surface area contributed by atoms with Crippen molar-refractivity contribution in [1.29, 1.82) is 0 Å². The van der Waals surface area contributed by atoms with Gasteiger partial charge in [0.15, 0.2) is 0 Å². The number of hydrogen-bond donors (Lipinski definition) is 0. The van der Waals surface area contributed by atoms with E-state index in [1.807, 2.05) is 31.2 Å². The highest BCUT2D eigenvalue weighted by atomic mass is 32.2. The minimum Gasteiger partial charge on any atom is -0.223 e. The number of hydrogen-bond acceptors (Lipinski definition) is 4. The lowest BCUT2D eigenvalue weighted by Crippen LogP contribution is -2.43. The van der Waals surface area contributed by atoms with E-state index < -0.39 is 10.2 Å². The van der Waals surface area contributed by atoms with E-state index in [4.69, 9.17) is 0 Å². The highest BCUT2D eigenvalue weighted by Crippen LogP contribution is 2.25. The molecule has 8 heteroatoms. The van der Waals surface area contributed by atoms with Crippen LogP contribution in [0, 0.1) is 0 Å². The van der Waals surface area contributed by atoms with Crippen molar-refractivity contribution >= 4 is 10.2 Å². The molecule has 1 fully saturated rings. The molecule has 1 aromatic carbocycles. The number of rotatable bonds is 5. The van der Waals surface area contributed by atoms with E-state index in [9.17, 15) is 8.42 Å². The highest BCUT2D eigenvalue weighted by Gasteiger charge is 2.31. The minimum atomic E-state index is -3.45. The highest BCUT2D eigenvalue weighted by molar-refractivity contribution is 7.86. The van der Waals surface area contributed by atoms with Crippen LogP contribution in [0.25, 0.3) is 5.69 Å². The van der Waals surface area contributed by atoms with Gasteiger partial charge in [-0.2, -0.15) is 22.1 Å². The molecule has 25 heavy (non-hydrogen) atoms. The van der Waals surface area contributed by atoms with E-state index in [1.54, 1.807) is 22.4 Å². The van der Waals surface area contributed by atoms with Crippen molar-refractivity contribution in [2.75, 3.05) is 20.1 Å². The third-order valence-electron chi connectivity index (χ3n) is 4.86. The Bertz CT molecular complexity index is 766. The van der Waals surface area contributed by atoms with Crippen LogP contribution in [0.15, 0.2) is 36.9 Å². The van der Waals surface area contributed by atoms with Crippen LogP contribution >= 0.6 is 0 Å². The second kappa shape index (κ2) is 7.63. The van der Waals surface area contributed by atoms with Crippen LogP contribution in [0.5, 0.6) is 0 Å². The molecule has 3 rings (SSSR count). The summed E-state index contributed by atoms with van der Waals surface area (Å²) in [6, 6.07) is 7.49. The predicted molar refractivity (Wildman–Crippen MR) is 96.5 cm³/mol. The van der Waals surface area contributed by atoms with E-state index in [0.29, 0.717) is 13.1 Å². The maximum Gasteiger partial charge on any atom is 0.282 e. The first-order valence-corrected chi connectivity index (χ1v) is 10.1.